The van der Waals surface area contributed by atoms with Gasteiger partial charge in [-0.2, -0.15) is 0 Å². The van der Waals surface area contributed by atoms with Gasteiger partial charge >= 0.3 is 0 Å². The lowest BCUT2D eigenvalue weighted by atomic mass is 9.84. The van der Waals surface area contributed by atoms with Crippen LogP contribution in [0.2, 0.25) is 0 Å². The first-order chi connectivity index (χ1) is 26.3. The molecule has 1 nitrogen and oxygen atoms in total. The van der Waals surface area contributed by atoms with E-state index in [0.717, 1.165) is 0 Å². The van der Waals surface area contributed by atoms with Crippen LogP contribution in [0.4, 0.5) is 0 Å². The van der Waals surface area contributed by atoms with Gasteiger partial charge in [0.25, 0.3) is 0 Å². The highest BCUT2D eigenvalue weighted by Gasteiger charge is 2.20. The zero-order chi connectivity index (χ0) is 40.6. The fourth-order valence-corrected chi connectivity index (χ4v) is 5.11. The predicted molar refractivity (Wildman–Crippen MR) is 165 cm³/mol. The lowest BCUT2D eigenvalue weighted by Crippen LogP contribution is -1.91. The van der Waals surface area contributed by atoms with Crippen molar-refractivity contribution in [2.45, 2.75) is 0 Å². The molecule has 1 aromatic heterocycles. The molecule has 0 radical (unpaired) electrons. The molecule has 0 aliphatic heterocycles. The van der Waals surface area contributed by atoms with E-state index >= 15 is 0 Å². The Morgan fingerprint density at radius 1 is 0.410 bits per heavy atom. The van der Waals surface area contributed by atoms with Gasteiger partial charge in [-0.1, -0.05) is 127 Å². The molecular formula is C38H24O. The lowest BCUT2D eigenvalue weighted by molar-refractivity contribution is 0.669. The maximum atomic E-state index is 9.46. The van der Waals surface area contributed by atoms with E-state index in [1.807, 2.05) is 0 Å². The molecule has 0 amide bonds. The van der Waals surface area contributed by atoms with Gasteiger partial charge in [0.1, 0.15) is 11.2 Å². The molecule has 0 atom stereocenters. The molecule has 0 fully saturated rings. The lowest BCUT2D eigenvalue weighted by Gasteiger charge is -2.18. The van der Waals surface area contributed by atoms with E-state index in [9.17, 15) is 2.74 Å². The maximum Gasteiger partial charge on any atom is 0.136 e. The first-order valence-corrected chi connectivity index (χ1v) is 11.9. The fourth-order valence-electron chi connectivity index (χ4n) is 5.11. The molecule has 39 heavy (non-hydrogen) atoms. The molecule has 7 aromatic carbocycles. The molecule has 0 saturated heterocycles. The van der Waals surface area contributed by atoms with Crippen molar-refractivity contribution in [3.05, 3.63) is 145 Å². The number of hydrogen-bond acceptors (Lipinski definition) is 1. The van der Waals surface area contributed by atoms with Crippen molar-refractivity contribution in [2.75, 3.05) is 0 Å². The molecule has 0 N–H and O–H groups in total. The normalized spacial score (nSPS) is 17.7. The van der Waals surface area contributed by atoms with E-state index in [0.29, 0.717) is 0 Å². The molecule has 0 bridgehead atoms. The van der Waals surface area contributed by atoms with Crippen LogP contribution in [0.5, 0.6) is 0 Å². The van der Waals surface area contributed by atoms with Crippen LogP contribution < -0.4 is 0 Å². The molecule has 0 spiro atoms. The summed E-state index contributed by atoms with van der Waals surface area (Å²) in [5.74, 6) is 0. The van der Waals surface area contributed by atoms with E-state index in [1.165, 1.54) is 42.5 Å². The second-order valence-corrected chi connectivity index (χ2v) is 8.80. The Labute approximate surface area is 250 Å². The second kappa shape index (κ2) is 8.72. The average Bonchev–Trinajstić information content (AvgIpc) is 3.55. The molecular weight excluding hydrogens is 472 g/mol. The average molecular weight is 514 g/mol. The molecule has 8 rings (SSSR count). The molecule has 0 saturated carbocycles. The number of para-hydroxylation sites is 1. The second-order valence-electron chi connectivity index (χ2n) is 8.80. The number of rotatable bonds is 3. The predicted octanol–water partition coefficient (Wildman–Crippen LogP) is 10.9. The Balaban J connectivity index is 1.64. The van der Waals surface area contributed by atoms with Gasteiger partial charge < -0.3 is 4.42 Å². The summed E-state index contributed by atoms with van der Waals surface area (Å²) >= 11 is 0. The summed E-state index contributed by atoms with van der Waals surface area (Å²) in [5, 5.41) is 0.252. The minimum Gasteiger partial charge on any atom is -0.456 e. The fraction of sp³-hybridized carbons (Fsp3) is 0. The van der Waals surface area contributed by atoms with Crippen molar-refractivity contribution in [1.29, 1.82) is 0 Å². The van der Waals surface area contributed by atoms with Gasteiger partial charge in [0, 0.05) is 10.8 Å². The van der Waals surface area contributed by atoms with E-state index in [2.05, 4.69) is 0 Å². The highest BCUT2D eigenvalue weighted by Crippen LogP contribution is 2.47. The van der Waals surface area contributed by atoms with Gasteiger partial charge in [0.05, 0.1) is 23.3 Å². The molecule has 0 aliphatic carbocycles. The van der Waals surface area contributed by atoms with Crippen molar-refractivity contribution >= 4 is 43.5 Å². The first-order valence-electron chi connectivity index (χ1n) is 20.4. The molecule has 1 heterocycles. The zero-order valence-electron chi connectivity index (χ0n) is 36.9. The van der Waals surface area contributed by atoms with Crippen molar-refractivity contribution in [3.8, 4) is 33.4 Å². The van der Waals surface area contributed by atoms with Crippen molar-refractivity contribution < 1.29 is 27.7 Å². The summed E-state index contributed by atoms with van der Waals surface area (Å²) < 4.78 is 153. The minimum atomic E-state index is -0.622. The van der Waals surface area contributed by atoms with Gasteiger partial charge in [-0.25, -0.2) is 0 Å². The zero-order valence-corrected chi connectivity index (χ0v) is 19.9. The Bertz CT molecular complexity index is 3020. The summed E-state index contributed by atoms with van der Waals surface area (Å²) in [6.07, 6.45) is 0. The van der Waals surface area contributed by atoms with Crippen molar-refractivity contribution in [1.82, 2.24) is 0 Å². The molecule has 0 unspecified atom stereocenters. The minimum absolute atomic E-state index is 0.00614. The van der Waals surface area contributed by atoms with E-state index in [4.69, 9.17) is 25.0 Å². The summed E-state index contributed by atoms with van der Waals surface area (Å²) in [7, 11) is 0. The third kappa shape index (κ3) is 3.41. The van der Waals surface area contributed by atoms with Crippen molar-refractivity contribution in [3.63, 3.8) is 0 Å². The summed E-state index contributed by atoms with van der Waals surface area (Å²) in [6, 6.07) is 1.51. The summed E-state index contributed by atoms with van der Waals surface area (Å²) in [6.45, 7) is 0. The Morgan fingerprint density at radius 3 is 1.77 bits per heavy atom. The maximum absolute atomic E-state index is 9.46. The van der Waals surface area contributed by atoms with Crippen LogP contribution in [0.1, 0.15) is 23.3 Å². The largest absolute Gasteiger partial charge is 0.456 e. The first kappa shape index (κ1) is 10.9. The van der Waals surface area contributed by atoms with Crippen LogP contribution in [-0.2, 0) is 0 Å². The highest BCUT2D eigenvalue weighted by molar-refractivity contribution is 6.25. The molecule has 1 heteroatoms. The van der Waals surface area contributed by atoms with Crippen molar-refractivity contribution in [2.24, 2.45) is 0 Å². The van der Waals surface area contributed by atoms with Crippen LogP contribution in [0, 0.1) is 0 Å². The smallest absolute Gasteiger partial charge is 0.136 e. The van der Waals surface area contributed by atoms with Gasteiger partial charge in [0.2, 0.25) is 0 Å². The number of furan rings is 1. The third-order valence-electron chi connectivity index (χ3n) is 6.72. The summed E-state index contributed by atoms with van der Waals surface area (Å²) in [4.78, 5) is 0. The standard InChI is InChI=1S/C38H24O/c1-2-12-25(13-3-1)26-14-10-15-27(24-26)36-28-16-4-6-18-30(28)37(31-19-7-5-17-29(31)36)33-21-11-23-35-38(33)32-20-8-9-22-34(32)39-35/h1-24H/i1D,2D,3D,4D,5D,6D,7D,8D,9D,10D,11D,14D,20D,21D,22D,23D,24D. The van der Waals surface area contributed by atoms with Gasteiger partial charge in [-0.3, -0.25) is 0 Å². The molecule has 182 valence electrons. The number of hydrogen-bond donors (Lipinski definition) is 0. The molecule has 8 aromatic rings. The van der Waals surface area contributed by atoms with Crippen LogP contribution in [0.25, 0.3) is 76.9 Å². The molecule has 0 aliphatic rings. The Hall–Kier alpha value is -5.14. The van der Waals surface area contributed by atoms with Crippen LogP contribution in [0.15, 0.2) is 150 Å². The third-order valence-corrected chi connectivity index (χ3v) is 6.72. The quantitative estimate of drug-likeness (QED) is 0.214. The monoisotopic (exact) mass is 513 g/mol. The summed E-state index contributed by atoms with van der Waals surface area (Å²) in [5.41, 5.74) is -0.655. The van der Waals surface area contributed by atoms with E-state index in [1.54, 1.807) is 0 Å². The van der Waals surface area contributed by atoms with Gasteiger partial charge in [0.15, 0.2) is 0 Å². The van der Waals surface area contributed by atoms with Crippen LogP contribution >= 0.6 is 0 Å². The number of fused-ring (bicyclic) bond motifs is 5. The highest BCUT2D eigenvalue weighted by atomic mass is 16.3. The van der Waals surface area contributed by atoms with Gasteiger partial charge in [-0.15, -0.1) is 0 Å². The van der Waals surface area contributed by atoms with Crippen LogP contribution in [-0.4, -0.2) is 0 Å². The Morgan fingerprint density at radius 2 is 1.03 bits per heavy atom. The number of benzene rings is 7. The van der Waals surface area contributed by atoms with E-state index < -0.39 is 48.3 Å². The SMILES string of the molecule is [2H]c1cc2c(-c3cc([2H])c([2H])c(-c4cc([2H])c([2H])c([2H])c4)c3[2H])c3cc([2H])c([2H])cc3c(-c3c([2H])c([2H])c([2H])c4oc5c([2H])c([2H])c([2H])c([2H])c5c34)c2cc1[2H]. The van der Waals surface area contributed by atoms with Crippen LogP contribution in [0.3, 0.4) is 0 Å². The Kier molecular flexibility index (Phi) is 2.44. The van der Waals surface area contributed by atoms with Gasteiger partial charge in [-0.05, 0) is 73.1 Å². The van der Waals surface area contributed by atoms with E-state index in [-0.39, 0.29) is 131 Å². The topological polar surface area (TPSA) is 13.1 Å².